The zero-order chi connectivity index (χ0) is 19.6. The van der Waals surface area contributed by atoms with Crippen LogP contribution in [0.15, 0.2) is 52.0 Å². The zero-order valence-corrected chi connectivity index (χ0v) is 16.9. The van der Waals surface area contributed by atoms with Crippen molar-refractivity contribution in [1.82, 2.24) is 5.43 Å². The fraction of sp³-hybridized carbons (Fsp3) is 0.250. The van der Waals surface area contributed by atoms with E-state index in [0.29, 0.717) is 18.0 Å². The summed E-state index contributed by atoms with van der Waals surface area (Å²) >= 11 is 3.39. The summed E-state index contributed by atoms with van der Waals surface area (Å²) < 4.78 is 6.40. The van der Waals surface area contributed by atoms with Crippen molar-refractivity contribution in [2.45, 2.75) is 26.7 Å². The smallest absolute Gasteiger partial charge is 0.240 e. The lowest BCUT2D eigenvalue weighted by atomic mass is 10.2. The van der Waals surface area contributed by atoms with E-state index in [2.05, 4.69) is 31.8 Å². The predicted octanol–water partition coefficient (Wildman–Crippen LogP) is 4.03. The van der Waals surface area contributed by atoms with E-state index >= 15 is 0 Å². The number of nitrogens with one attached hydrogen (secondary N) is 2. The van der Waals surface area contributed by atoms with E-state index in [9.17, 15) is 9.59 Å². The number of halogens is 1. The van der Waals surface area contributed by atoms with Gasteiger partial charge in [-0.1, -0.05) is 33.6 Å². The maximum Gasteiger partial charge on any atom is 0.240 e. The number of hydrogen-bond acceptors (Lipinski definition) is 4. The van der Waals surface area contributed by atoms with Gasteiger partial charge in [0.15, 0.2) is 0 Å². The number of anilines is 1. The monoisotopic (exact) mass is 431 g/mol. The molecule has 0 spiro atoms. The Labute approximate surface area is 167 Å². The number of hydrazone groups is 1. The van der Waals surface area contributed by atoms with Crippen LogP contribution >= 0.6 is 15.9 Å². The van der Waals surface area contributed by atoms with Crippen LogP contribution in [-0.4, -0.2) is 24.6 Å². The summed E-state index contributed by atoms with van der Waals surface area (Å²) in [4.78, 5) is 23.8. The van der Waals surface area contributed by atoms with Crippen molar-refractivity contribution in [3.05, 3.63) is 58.1 Å². The number of nitrogens with zero attached hydrogens (tertiary/aromatic N) is 1. The molecule has 0 aromatic heterocycles. The second-order valence-corrected chi connectivity index (χ2v) is 6.74. The van der Waals surface area contributed by atoms with Gasteiger partial charge in [0.25, 0.3) is 0 Å². The van der Waals surface area contributed by atoms with Crippen LogP contribution in [0.4, 0.5) is 5.69 Å². The average molecular weight is 432 g/mol. The van der Waals surface area contributed by atoms with E-state index in [0.717, 1.165) is 15.6 Å². The van der Waals surface area contributed by atoms with Crippen molar-refractivity contribution in [2.24, 2.45) is 5.10 Å². The fourth-order valence-corrected chi connectivity index (χ4v) is 2.60. The third-order valence-corrected chi connectivity index (χ3v) is 4.07. The Morgan fingerprint density at radius 3 is 2.52 bits per heavy atom. The molecule has 2 rings (SSSR count). The van der Waals surface area contributed by atoms with Crippen LogP contribution in [0.5, 0.6) is 5.75 Å². The average Bonchev–Trinajstić information content (AvgIpc) is 2.64. The molecular weight excluding hydrogens is 410 g/mol. The van der Waals surface area contributed by atoms with Gasteiger partial charge in [-0.15, -0.1) is 0 Å². The molecule has 0 radical (unpaired) electrons. The highest BCUT2D eigenvalue weighted by Crippen LogP contribution is 2.21. The molecule has 0 heterocycles. The van der Waals surface area contributed by atoms with E-state index in [1.807, 2.05) is 56.3 Å². The van der Waals surface area contributed by atoms with Gasteiger partial charge in [0.2, 0.25) is 11.8 Å². The topological polar surface area (TPSA) is 79.8 Å². The van der Waals surface area contributed by atoms with Crippen molar-refractivity contribution in [3.63, 3.8) is 0 Å². The quantitative estimate of drug-likeness (QED) is 0.489. The second-order valence-electron chi connectivity index (χ2n) is 5.82. The van der Waals surface area contributed by atoms with Gasteiger partial charge in [-0.2, -0.15) is 5.10 Å². The summed E-state index contributed by atoms with van der Waals surface area (Å²) in [5, 5.41) is 6.70. The summed E-state index contributed by atoms with van der Waals surface area (Å²) in [6.45, 7) is 4.40. The first-order valence-electron chi connectivity index (χ1n) is 8.58. The molecule has 0 saturated carbocycles. The van der Waals surface area contributed by atoms with E-state index < -0.39 is 0 Å². The predicted molar refractivity (Wildman–Crippen MR) is 110 cm³/mol. The molecule has 6 nitrogen and oxygen atoms in total. The molecule has 0 aliphatic carbocycles. The second kappa shape index (κ2) is 10.5. The number of benzene rings is 2. The van der Waals surface area contributed by atoms with E-state index in [-0.39, 0.29) is 24.7 Å². The fourth-order valence-electron chi connectivity index (χ4n) is 2.22. The summed E-state index contributed by atoms with van der Waals surface area (Å²) in [6.07, 6.45) is 1.64. The van der Waals surface area contributed by atoms with Crippen molar-refractivity contribution < 1.29 is 14.3 Å². The van der Waals surface area contributed by atoms with Crippen LogP contribution < -0.4 is 15.5 Å². The van der Waals surface area contributed by atoms with Crippen molar-refractivity contribution >= 4 is 39.6 Å². The minimum atomic E-state index is -0.335. The lowest BCUT2D eigenvalue weighted by Gasteiger charge is -2.07. The minimum Gasteiger partial charge on any atom is -0.493 e. The Morgan fingerprint density at radius 1 is 1.11 bits per heavy atom. The Bertz CT molecular complexity index is 820. The SMILES string of the molecule is CCOc1ccc(Br)cc1C=NNC(=O)CCC(=O)Nc1ccc(C)cc1. The van der Waals surface area contributed by atoms with Crippen molar-refractivity contribution in [3.8, 4) is 5.75 Å². The molecule has 0 atom stereocenters. The Hall–Kier alpha value is -2.67. The normalized spacial score (nSPS) is 10.6. The van der Waals surface area contributed by atoms with Gasteiger partial charge in [0, 0.05) is 28.6 Å². The zero-order valence-electron chi connectivity index (χ0n) is 15.3. The lowest BCUT2D eigenvalue weighted by molar-refractivity contribution is -0.124. The first kappa shape index (κ1) is 20.6. The molecule has 2 amide bonds. The summed E-state index contributed by atoms with van der Waals surface area (Å²) in [5.74, 6) is 0.123. The molecule has 0 unspecified atom stereocenters. The first-order chi connectivity index (χ1) is 13.0. The highest BCUT2D eigenvalue weighted by molar-refractivity contribution is 9.10. The van der Waals surface area contributed by atoms with Crippen LogP contribution in [0.3, 0.4) is 0 Å². The van der Waals surface area contributed by atoms with Crippen LogP contribution in [0, 0.1) is 6.92 Å². The van der Waals surface area contributed by atoms with Gasteiger partial charge >= 0.3 is 0 Å². The molecular formula is C20H22BrN3O3. The standard InChI is InChI=1S/C20H22BrN3O3/c1-3-27-18-9-6-16(21)12-15(18)13-22-24-20(26)11-10-19(25)23-17-7-4-14(2)5-8-17/h4-9,12-13H,3,10-11H2,1-2H3,(H,23,25)(H,24,26). The number of carbonyl (C=O) groups is 2. The molecule has 0 aliphatic rings. The van der Waals surface area contributed by atoms with E-state index in [4.69, 9.17) is 4.74 Å². The Balaban J connectivity index is 1.80. The molecule has 2 aromatic carbocycles. The number of aryl methyl sites for hydroxylation is 1. The molecule has 27 heavy (non-hydrogen) atoms. The number of carbonyl (C=O) groups excluding carboxylic acids is 2. The number of amides is 2. The van der Waals surface area contributed by atoms with Crippen LogP contribution in [0.1, 0.15) is 30.9 Å². The lowest BCUT2D eigenvalue weighted by Crippen LogP contribution is -2.20. The van der Waals surface area contributed by atoms with Crippen LogP contribution in [0.25, 0.3) is 0 Å². The molecule has 0 fully saturated rings. The summed E-state index contributed by atoms with van der Waals surface area (Å²) in [5.41, 5.74) is 4.99. The Morgan fingerprint density at radius 2 is 1.81 bits per heavy atom. The molecule has 0 bridgehead atoms. The molecule has 142 valence electrons. The van der Waals surface area contributed by atoms with E-state index in [1.54, 1.807) is 0 Å². The summed E-state index contributed by atoms with van der Waals surface area (Å²) in [7, 11) is 0. The third kappa shape index (κ3) is 7.22. The number of hydrogen-bond donors (Lipinski definition) is 2. The van der Waals surface area contributed by atoms with Gasteiger partial charge in [0.05, 0.1) is 12.8 Å². The van der Waals surface area contributed by atoms with Crippen molar-refractivity contribution in [1.29, 1.82) is 0 Å². The van der Waals surface area contributed by atoms with Gasteiger partial charge < -0.3 is 10.1 Å². The maximum atomic E-state index is 11.9. The molecule has 2 aromatic rings. The first-order valence-corrected chi connectivity index (χ1v) is 9.38. The van der Waals surface area contributed by atoms with Crippen LogP contribution in [0.2, 0.25) is 0 Å². The molecule has 2 N–H and O–H groups in total. The molecule has 0 saturated heterocycles. The highest BCUT2D eigenvalue weighted by Gasteiger charge is 2.07. The minimum absolute atomic E-state index is 0.0475. The molecule has 7 heteroatoms. The molecule has 0 aliphatic heterocycles. The largest absolute Gasteiger partial charge is 0.493 e. The van der Waals surface area contributed by atoms with Crippen molar-refractivity contribution in [2.75, 3.05) is 11.9 Å². The maximum absolute atomic E-state index is 11.9. The number of ether oxygens (including phenoxy) is 1. The highest BCUT2D eigenvalue weighted by atomic mass is 79.9. The Kier molecular flexibility index (Phi) is 8.00. The summed E-state index contributed by atoms with van der Waals surface area (Å²) in [6, 6.07) is 13.0. The van der Waals surface area contributed by atoms with Crippen LogP contribution in [-0.2, 0) is 9.59 Å². The van der Waals surface area contributed by atoms with Gasteiger partial charge in [-0.05, 0) is 44.2 Å². The van der Waals surface area contributed by atoms with E-state index in [1.165, 1.54) is 6.21 Å². The van der Waals surface area contributed by atoms with Gasteiger partial charge in [-0.3, -0.25) is 9.59 Å². The van der Waals surface area contributed by atoms with Gasteiger partial charge in [0.1, 0.15) is 5.75 Å². The number of rotatable bonds is 8. The third-order valence-electron chi connectivity index (χ3n) is 3.58. The van der Waals surface area contributed by atoms with Gasteiger partial charge in [-0.25, -0.2) is 5.43 Å².